The molecule has 116 valence electrons. The van der Waals surface area contributed by atoms with Crippen LogP contribution >= 0.6 is 0 Å². The SMILES string of the molecule is CCCOc1ccc(/C(C)=N\Nc2nc(C)cc(=O)[nH]2)cc1. The fourth-order valence-corrected chi connectivity index (χ4v) is 1.85. The molecule has 2 aromatic rings. The Kier molecular flexibility index (Phi) is 5.30. The number of aromatic amines is 1. The van der Waals surface area contributed by atoms with Crippen LogP contribution in [-0.2, 0) is 0 Å². The molecule has 0 aliphatic carbocycles. The number of nitrogens with one attached hydrogen (secondary N) is 2. The lowest BCUT2D eigenvalue weighted by Gasteiger charge is -2.06. The molecule has 1 aromatic heterocycles. The molecule has 0 fully saturated rings. The molecule has 0 aliphatic heterocycles. The van der Waals surface area contributed by atoms with Crippen LogP contribution in [0.5, 0.6) is 5.75 Å². The Hall–Kier alpha value is -2.63. The topological polar surface area (TPSA) is 79.4 Å². The number of hydrogen-bond acceptors (Lipinski definition) is 5. The zero-order valence-electron chi connectivity index (χ0n) is 13.0. The van der Waals surface area contributed by atoms with E-state index in [4.69, 9.17) is 4.74 Å². The zero-order valence-corrected chi connectivity index (χ0v) is 13.0. The first-order chi connectivity index (χ1) is 10.6. The Morgan fingerprint density at radius 1 is 1.36 bits per heavy atom. The molecule has 0 saturated carbocycles. The highest BCUT2D eigenvalue weighted by molar-refractivity contribution is 5.99. The van der Waals surface area contributed by atoms with Crippen molar-refractivity contribution in [2.45, 2.75) is 27.2 Å². The Morgan fingerprint density at radius 3 is 2.73 bits per heavy atom. The summed E-state index contributed by atoms with van der Waals surface area (Å²) < 4.78 is 5.54. The molecule has 1 heterocycles. The van der Waals surface area contributed by atoms with Crippen molar-refractivity contribution in [2.24, 2.45) is 5.10 Å². The van der Waals surface area contributed by atoms with Gasteiger partial charge in [-0.15, -0.1) is 0 Å². The number of benzene rings is 1. The van der Waals surface area contributed by atoms with Crippen molar-refractivity contribution >= 4 is 11.7 Å². The zero-order chi connectivity index (χ0) is 15.9. The van der Waals surface area contributed by atoms with Gasteiger partial charge in [0.2, 0.25) is 5.95 Å². The average Bonchev–Trinajstić information content (AvgIpc) is 2.50. The minimum absolute atomic E-state index is 0.208. The summed E-state index contributed by atoms with van der Waals surface area (Å²) in [4.78, 5) is 18.1. The molecule has 2 N–H and O–H groups in total. The molecule has 0 saturated heterocycles. The Bertz CT molecular complexity index is 705. The Morgan fingerprint density at radius 2 is 2.09 bits per heavy atom. The summed E-state index contributed by atoms with van der Waals surface area (Å²) >= 11 is 0. The number of anilines is 1. The van der Waals surface area contributed by atoms with E-state index in [9.17, 15) is 4.79 Å². The van der Waals surface area contributed by atoms with Gasteiger partial charge in [-0.05, 0) is 50.1 Å². The third-order valence-corrected chi connectivity index (χ3v) is 2.94. The molecule has 6 nitrogen and oxygen atoms in total. The third kappa shape index (κ3) is 4.44. The summed E-state index contributed by atoms with van der Waals surface area (Å²) in [6, 6.07) is 9.14. The Labute approximate surface area is 129 Å². The predicted molar refractivity (Wildman–Crippen MR) is 87.7 cm³/mol. The first kappa shape index (κ1) is 15.8. The number of rotatable bonds is 6. The largest absolute Gasteiger partial charge is 0.494 e. The lowest BCUT2D eigenvalue weighted by Crippen LogP contribution is -2.11. The van der Waals surface area contributed by atoms with E-state index in [0.717, 1.165) is 23.4 Å². The molecule has 0 spiro atoms. The molecule has 0 radical (unpaired) electrons. The molecule has 22 heavy (non-hydrogen) atoms. The monoisotopic (exact) mass is 300 g/mol. The average molecular weight is 300 g/mol. The van der Waals surface area contributed by atoms with Crippen molar-refractivity contribution in [1.82, 2.24) is 9.97 Å². The second kappa shape index (κ2) is 7.40. The predicted octanol–water partition coefficient (Wildman–Crippen LogP) is 2.70. The Balaban J connectivity index is 2.06. The summed E-state index contributed by atoms with van der Waals surface area (Å²) in [6.07, 6.45) is 0.980. The van der Waals surface area contributed by atoms with Crippen LogP contribution in [0.3, 0.4) is 0 Å². The van der Waals surface area contributed by atoms with E-state index in [1.165, 1.54) is 6.07 Å². The molecule has 0 amide bonds. The van der Waals surface area contributed by atoms with Crippen molar-refractivity contribution in [1.29, 1.82) is 0 Å². The van der Waals surface area contributed by atoms with Crippen LogP contribution < -0.4 is 15.7 Å². The molecule has 6 heteroatoms. The second-order valence-corrected chi connectivity index (χ2v) is 4.92. The molecule has 0 unspecified atom stereocenters. The van der Waals surface area contributed by atoms with Crippen molar-refractivity contribution in [2.75, 3.05) is 12.0 Å². The fourth-order valence-electron chi connectivity index (χ4n) is 1.85. The van der Waals surface area contributed by atoms with E-state index in [2.05, 4.69) is 27.4 Å². The van der Waals surface area contributed by atoms with Gasteiger partial charge in [-0.3, -0.25) is 9.78 Å². The van der Waals surface area contributed by atoms with Crippen LogP contribution in [0.15, 0.2) is 40.2 Å². The van der Waals surface area contributed by atoms with Crippen molar-refractivity contribution in [3.05, 3.63) is 51.9 Å². The number of aryl methyl sites for hydroxylation is 1. The lowest BCUT2D eigenvalue weighted by atomic mass is 10.1. The number of aromatic nitrogens is 2. The van der Waals surface area contributed by atoms with Gasteiger partial charge in [-0.1, -0.05) is 6.92 Å². The maximum absolute atomic E-state index is 11.4. The molecule has 2 rings (SSSR count). The van der Waals surface area contributed by atoms with Gasteiger partial charge in [0, 0.05) is 11.8 Å². The van der Waals surface area contributed by atoms with E-state index < -0.39 is 0 Å². The first-order valence-electron chi connectivity index (χ1n) is 7.20. The van der Waals surface area contributed by atoms with Gasteiger partial charge in [0.15, 0.2) is 0 Å². The van der Waals surface area contributed by atoms with E-state index in [1.54, 1.807) is 6.92 Å². The number of nitrogens with zero attached hydrogens (tertiary/aromatic N) is 2. The van der Waals surface area contributed by atoms with E-state index in [0.29, 0.717) is 18.2 Å². The van der Waals surface area contributed by atoms with Crippen molar-refractivity contribution in [3.63, 3.8) is 0 Å². The minimum Gasteiger partial charge on any atom is -0.494 e. The van der Waals surface area contributed by atoms with Gasteiger partial charge in [-0.2, -0.15) is 5.10 Å². The fraction of sp³-hybridized carbons (Fsp3) is 0.312. The van der Waals surface area contributed by atoms with Gasteiger partial charge in [0.25, 0.3) is 5.56 Å². The summed E-state index contributed by atoms with van der Waals surface area (Å²) in [7, 11) is 0. The van der Waals surface area contributed by atoms with Crippen LogP contribution in [0, 0.1) is 6.92 Å². The smallest absolute Gasteiger partial charge is 0.252 e. The number of H-pyrrole nitrogens is 1. The van der Waals surface area contributed by atoms with Gasteiger partial charge < -0.3 is 4.74 Å². The van der Waals surface area contributed by atoms with Crippen LogP contribution in [0.25, 0.3) is 0 Å². The lowest BCUT2D eigenvalue weighted by molar-refractivity contribution is 0.317. The van der Waals surface area contributed by atoms with Gasteiger partial charge >= 0.3 is 0 Å². The summed E-state index contributed by atoms with van der Waals surface area (Å²) in [5.41, 5.74) is 4.94. The first-order valence-corrected chi connectivity index (χ1v) is 7.20. The quantitative estimate of drug-likeness (QED) is 0.635. The van der Waals surface area contributed by atoms with Gasteiger partial charge in [0.1, 0.15) is 5.75 Å². The molecule has 0 atom stereocenters. The number of hydrazone groups is 1. The minimum atomic E-state index is -0.208. The third-order valence-electron chi connectivity index (χ3n) is 2.94. The molecular weight excluding hydrogens is 280 g/mol. The molecular formula is C16H20N4O2. The van der Waals surface area contributed by atoms with Crippen molar-refractivity contribution < 1.29 is 4.74 Å². The van der Waals surface area contributed by atoms with Gasteiger partial charge in [-0.25, -0.2) is 10.4 Å². The van der Waals surface area contributed by atoms with E-state index >= 15 is 0 Å². The summed E-state index contributed by atoms with van der Waals surface area (Å²) in [5, 5.41) is 4.23. The summed E-state index contributed by atoms with van der Waals surface area (Å²) in [6.45, 7) is 6.41. The molecule has 0 aliphatic rings. The highest BCUT2D eigenvalue weighted by Crippen LogP contribution is 2.13. The second-order valence-electron chi connectivity index (χ2n) is 4.92. The van der Waals surface area contributed by atoms with Gasteiger partial charge in [0.05, 0.1) is 12.3 Å². The van der Waals surface area contributed by atoms with Crippen molar-refractivity contribution in [3.8, 4) is 5.75 Å². The molecule has 1 aromatic carbocycles. The molecule has 0 bridgehead atoms. The van der Waals surface area contributed by atoms with E-state index in [-0.39, 0.29) is 5.56 Å². The van der Waals surface area contributed by atoms with Crippen LogP contribution in [0.2, 0.25) is 0 Å². The highest BCUT2D eigenvalue weighted by atomic mass is 16.5. The summed E-state index contributed by atoms with van der Waals surface area (Å²) in [5.74, 6) is 1.17. The highest BCUT2D eigenvalue weighted by Gasteiger charge is 2.00. The number of hydrogen-bond donors (Lipinski definition) is 2. The van der Waals surface area contributed by atoms with Crippen LogP contribution in [0.1, 0.15) is 31.5 Å². The maximum atomic E-state index is 11.4. The normalized spacial score (nSPS) is 11.3. The number of ether oxygens (including phenoxy) is 1. The van der Waals surface area contributed by atoms with E-state index in [1.807, 2.05) is 31.2 Å². The van der Waals surface area contributed by atoms with Crippen LogP contribution in [-0.4, -0.2) is 22.3 Å². The maximum Gasteiger partial charge on any atom is 0.252 e. The standard InChI is InChI=1S/C16H20N4O2/c1-4-9-22-14-7-5-13(6-8-14)12(3)19-20-16-17-11(2)10-15(21)18-16/h5-8,10H,4,9H2,1-3H3,(H2,17,18,20,21)/b19-12-. The van der Waals surface area contributed by atoms with Crippen LogP contribution in [0.4, 0.5) is 5.95 Å².